The van der Waals surface area contributed by atoms with Gasteiger partial charge in [-0.05, 0) is 65.2 Å². The van der Waals surface area contributed by atoms with Gasteiger partial charge in [0.25, 0.3) is 0 Å². The zero-order chi connectivity index (χ0) is 26.6. The Kier molecular flexibility index (Phi) is 34.9. The van der Waals surface area contributed by atoms with Crippen molar-refractivity contribution in [2.45, 2.75) is 156 Å². The van der Waals surface area contributed by atoms with E-state index < -0.39 is 11.9 Å². The van der Waals surface area contributed by atoms with Crippen molar-refractivity contribution in [3.05, 3.63) is 0 Å². The monoisotopic (exact) mass is 521 g/mol. The summed E-state index contributed by atoms with van der Waals surface area (Å²) in [5.41, 5.74) is 0. The van der Waals surface area contributed by atoms with E-state index in [9.17, 15) is 19.8 Å². The van der Waals surface area contributed by atoms with Crippen molar-refractivity contribution in [2.24, 2.45) is 0 Å². The second kappa shape index (κ2) is 31.1. The molecule has 0 aromatic heterocycles. The normalized spacial score (nSPS) is 10.9. The van der Waals surface area contributed by atoms with Crippen LogP contribution in [0, 0.1) is 0 Å². The van der Waals surface area contributed by atoms with E-state index in [1.54, 1.807) is 0 Å². The SMILES string of the molecule is CCCCCCCCCC[N+](CC)(CC)CCCCCCCCCC.O=C([O-])CCCCC(=O)[O-].[Na+]. The Hall–Kier alpha value is -0.100. The first-order valence-corrected chi connectivity index (χ1v) is 15.1. The number of quaternary nitrogens is 1. The third-order valence-electron chi connectivity index (χ3n) is 7.33. The fourth-order valence-corrected chi connectivity index (χ4v) is 4.67. The van der Waals surface area contributed by atoms with Gasteiger partial charge in [-0.1, -0.05) is 90.9 Å². The Balaban J connectivity index is -0.000000834. The summed E-state index contributed by atoms with van der Waals surface area (Å²) in [6, 6.07) is 0. The molecule has 0 saturated heterocycles. The minimum atomic E-state index is -1.14. The van der Waals surface area contributed by atoms with Gasteiger partial charge in [0.2, 0.25) is 0 Å². The largest absolute Gasteiger partial charge is 1.00 e. The molecule has 0 rings (SSSR count). The second-order valence-corrected chi connectivity index (χ2v) is 10.3. The van der Waals surface area contributed by atoms with E-state index in [-0.39, 0.29) is 42.4 Å². The molecule has 0 fully saturated rings. The van der Waals surface area contributed by atoms with E-state index in [1.807, 2.05) is 0 Å². The van der Waals surface area contributed by atoms with Gasteiger partial charge < -0.3 is 24.3 Å². The molecular weight excluding hydrogens is 461 g/mol. The third kappa shape index (κ3) is 30.1. The average molecular weight is 522 g/mol. The third-order valence-corrected chi connectivity index (χ3v) is 7.33. The molecule has 0 aliphatic carbocycles. The fourth-order valence-electron chi connectivity index (χ4n) is 4.67. The summed E-state index contributed by atoms with van der Waals surface area (Å²) in [4.78, 5) is 19.5. The Morgan fingerprint density at radius 3 is 1.00 bits per heavy atom. The predicted octanol–water partition coefficient (Wildman–Crippen LogP) is 3.18. The van der Waals surface area contributed by atoms with Crippen molar-refractivity contribution in [1.29, 1.82) is 0 Å². The second-order valence-electron chi connectivity index (χ2n) is 10.3. The average Bonchev–Trinajstić information content (AvgIpc) is 2.84. The van der Waals surface area contributed by atoms with Crippen LogP contribution in [0.4, 0.5) is 0 Å². The molecule has 0 aliphatic rings. The molecule has 0 bridgehead atoms. The van der Waals surface area contributed by atoms with Gasteiger partial charge in [0.1, 0.15) is 0 Å². The van der Waals surface area contributed by atoms with Gasteiger partial charge in [-0.3, -0.25) is 0 Å². The van der Waals surface area contributed by atoms with Gasteiger partial charge in [0, 0.05) is 11.9 Å². The molecule has 5 nitrogen and oxygen atoms in total. The van der Waals surface area contributed by atoms with Gasteiger partial charge in [0.05, 0.1) is 26.2 Å². The first kappa shape index (κ1) is 40.4. The minimum Gasteiger partial charge on any atom is -0.550 e. The van der Waals surface area contributed by atoms with Crippen LogP contribution in [0.1, 0.15) is 156 Å². The number of carbonyl (C=O) groups excluding carboxylic acids is 2. The van der Waals surface area contributed by atoms with Crippen LogP contribution in [0.15, 0.2) is 0 Å². The predicted molar refractivity (Wildman–Crippen MR) is 145 cm³/mol. The summed E-state index contributed by atoms with van der Waals surface area (Å²) in [7, 11) is 0. The van der Waals surface area contributed by atoms with Crippen molar-refractivity contribution in [3.63, 3.8) is 0 Å². The molecular formula is C30H60NNaO4. The first-order chi connectivity index (χ1) is 16.9. The van der Waals surface area contributed by atoms with Crippen molar-refractivity contribution in [3.8, 4) is 0 Å². The van der Waals surface area contributed by atoms with Crippen molar-refractivity contribution in [1.82, 2.24) is 0 Å². The van der Waals surface area contributed by atoms with Gasteiger partial charge >= 0.3 is 29.6 Å². The molecule has 0 radical (unpaired) electrons. The molecule has 0 saturated carbocycles. The zero-order valence-corrected chi connectivity index (χ0v) is 27.1. The van der Waals surface area contributed by atoms with Crippen LogP contribution in [0.3, 0.4) is 0 Å². The molecule has 0 aromatic carbocycles. The zero-order valence-electron chi connectivity index (χ0n) is 25.1. The van der Waals surface area contributed by atoms with Crippen LogP contribution in [-0.2, 0) is 9.59 Å². The summed E-state index contributed by atoms with van der Waals surface area (Å²) in [6.07, 6.45) is 23.7. The molecule has 0 unspecified atom stereocenters. The number of hydrogen-bond acceptors (Lipinski definition) is 4. The molecule has 0 N–H and O–H groups in total. The smallest absolute Gasteiger partial charge is 0.550 e. The molecule has 36 heavy (non-hydrogen) atoms. The summed E-state index contributed by atoms with van der Waals surface area (Å²) in [6.45, 7) is 15.0. The first-order valence-electron chi connectivity index (χ1n) is 15.1. The molecule has 210 valence electrons. The Morgan fingerprint density at radius 1 is 0.472 bits per heavy atom. The van der Waals surface area contributed by atoms with Crippen LogP contribution in [0.25, 0.3) is 0 Å². The quantitative estimate of drug-likeness (QED) is 0.105. The molecule has 0 aliphatic heterocycles. The number of carbonyl (C=O) groups is 2. The molecule has 0 amide bonds. The number of rotatable bonds is 25. The number of hydrogen-bond donors (Lipinski definition) is 0. The van der Waals surface area contributed by atoms with Gasteiger partial charge in [-0.15, -0.1) is 0 Å². The number of carboxylic acid groups (broad SMARTS) is 2. The van der Waals surface area contributed by atoms with Crippen LogP contribution in [0.5, 0.6) is 0 Å². The summed E-state index contributed by atoms with van der Waals surface area (Å²) >= 11 is 0. The molecule has 0 heterocycles. The Labute approximate surface area is 247 Å². The van der Waals surface area contributed by atoms with Gasteiger partial charge in [-0.25, -0.2) is 0 Å². The molecule has 0 atom stereocenters. The maximum atomic E-state index is 9.77. The van der Waals surface area contributed by atoms with E-state index in [2.05, 4.69) is 27.7 Å². The minimum absolute atomic E-state index is 0. The van der Waals surface area contributed by atoms with Crippen LogP contribution in [0.2, 0.25) is 0 Å². The topological polar surface area (TPSA) is 80.3 Å². The number of carboxylic acids is 2. The molecule has 0 aromatic rings. The standard InChI is InChI=1S/C24H52N.C6H10O4.Na/c1-5-9-11-13-15-17-19-21-23-25(7-3,8-4)24-22-20-18-16-14-12-10-6-2;7-5(8)3-1-2-4-6(9)10;/h5-24H2,1-4H3;1-4H2,(H,7,8)(H,9,10);/q+1;;+1/p-2. The van der Waals surface area contributed by atoms with E-state index in [1.165, 1.54) is 133 Å². The molecule has 6 heteroatoms. The molecule has 0 spiro atoms. The van der Waals surface area contributed by atoms with Crippen molar-refractivity contribution in [2.75, 3.05) is 26.2 Å². The Bertz CT molecular complexity index is 432. The van der Waals surface area contributed by atoms with E-state index >= 15 is 0 Å². The maximum Gasteiger partial charge on any atom is 1.00 e. The van der Waals surface area contributed by atoms with Gasteiger partial charge in [-0.2, -0.15) is 0 Å². The number of nitrogens with zero attached hydrogens (tertiary/aromatic N) is 1. The summed E-state index contributed by atoms with van der Waals surface area (Å²) in [5, 5.41) is 19.5. The van der Waals surface area contributed by atoms with E-state index in [0.29, 0.717) is 12.8 Å². The van der Waals surface area contributed by atoms with E-state index in [0.717, 1.165) is 0 Å². The Morgan fingerprint density at radius 2 is 0.750 bits per heavy atom. The van der Waals surface area contributed by atoms with Crippen molar-refractivity contribution < 1.29 is 53.8 Å². The van der Waals surface area contributed by atoms with Crippen LogP contribution >= 0.6 is 0 Å². The van der Waals surface area contributed by atoms with Crippen LogP contribution in [-0.4, -0.2) is 42.6 Å². The fraction of sp³-hybridized carbons (Fsp3) is 0.933. The van der Waals surface area contributed by atoms with Crippen LogP contribution < -0.4 is 39.8 Å². The summed E-state index contributed by atoms with van der Waals surface area (Å²) in [5.74, 6) is -2.28. The van der Waals surface area contributed by atoms with E-state index in [4.69, 9.17) is 0 Å². The van der Waals surface area contributed by atoms with Crippen molar-refractivity contribution >= 4 is 11.9 Å². The number of aliphatic carboxylic acids is 2. The summed E-state index contributed by atoms with van der Waals surface area (Å²) < 4.78 is 1.38. The number of unbranched alkanes of at least 4 members (excludes halogenated alkanes) is 15. The van der Waals surface area contributed by atoms with Gasteiger partial charge in [0.15, 0.2) is 0 Å². The maximum absolute atomic E-state index is 9.77.